The zero-order valence-corrected chi connectivity index (χ0v) is 20.1. The van der Waals surface area contributed by atoms with Crippen molar-refractivity contribution in [1.82, 2.24) is 24.8 Å². The third-order valence-corrected chi connectivity index (χ3v) is 7.69. The number of nitrogens with zero attached hydrogens (tertiary/aromatic N) is 6. The highest BCUT2D eigenvalue weighted by molar-refractivity contribution is 7.21. The number of piperazine rings is 1. The maximum absolute atomic E-state index is 9.29. The van der Waals surface area contributed by atoms with E-state index < -0.39 is 0 Å². The average Bonchev–Trinajstić information content (AvgIpc) is 3.53. The van der Waals surface area contributed by atoms with Crippen LogP contribution in [0.4, 0.5) is 17.6 Å². The summed E-state index contributed by atoms with van der Waals surface area (Å²) >= 11 is 1.65. The Morgan fingerprint density at radius 2 is 1.97 bits per heavy atom. The summed E-state index contributed by atoms with van der Waals surface area (Å²) in [6.07, 6.45) is 2.98. The Kier molecular flexibility index (Phi) is 5.40. The van der Waals surface area contributed by atoms with Gasteiger partial charge >= 0.3 is 0 Å². The van der Waals surface area contributed by atoms with Crippen LogP contribution in [0.15, 0.2) is 42.6 Å². The van der Waals surface area contributed by atoms with Gasteiger partial charge in [-0.25, -0.2) is 15.0 Å². The van der Waals surface area contributed by atoms with Gasteiger partial charge in [0.2, 0.25) is 5.95 Å². The third-order valence-electron chi connectivity index (χ3n) is 6.64. The maximum Gasteiger partial charge on any atom is 0.227 e. The molecule has 2 atom stereocenters. The van der Waals surface area contributed by atoms with Gasteiger partial charge in [-0.2, -0.15) is 4.98 Å². The van der Waals surface area contributed by atoms with Gasteiger partial charge in [0, 0.05) is 61.3 Å². The van der Waals surface area contributed by atoms with Crippen molar-refractivity contribution in [3.8, 4) is 10.6 Å². The number of aliphatic hydroxyl groups excluding tert-OH is 1. The molecule has 0 radical (unpaired) electrons. The molecule has 174 valence electrons. The largest absolute Gasteiger partial charge is 0.395 e. The standard InChI is InChI=1S/C25H27N7OS/c1-15-4-3-5-17(8-15)24-28-20-11-22(26-12-21(20)34-24)29-23-9-16(2)27-25(30-23)32-14-18-10-19(32)13-31(18)6-7-33/h3-5,8-9,11-12,18-19,33H,6-7,10,13-14H2,1-2H3,(H,26,27,29,30). The van der Waals surface area contributed by atoms with Crippen LogP contribution in [-0.2, 0) is 0 Å². The molecule has 3 aromatic heterocycles. The van der Waals surface area contributed by atoms with Crippen molar-refractivity contribution < 1.29 is 5.11 Å². The molecule has 2 saturated heterocycles. The number of aryl methyl sites for hydroxylation is 2. The van der Waals surface area contributed by atoms with Gasteiger partial charge < -0.3 is 15.3 Å². The number of thiazole rings is 1. The summed E-state index contributed by atoms with van der Waals surface area (Å²) in [7, 11) is 0. The number of pyridine rings is 1. The van der Waals surface area contributed by atoms with Gasteiger partial charge in [0.05, 0.1) is 16.8 Å². The highest BCUT2D eigenvalue weighted by Gasteiger charge is 2.43. The molecule has 2 aliphatic heterocycles. The lowest BCUT2D eigenvalue weighted by Crippen LogP contribution is -2.47. The monoisotopic (exact) mass is 473 g/mol. The molecule has 0 saturated carbocycles. The van der Waals surface area contributed by atoms with E-state index in [0.717, 1.165) is 70.1 Å². The topological polar surface area (TPSA) is 90.3 Å². The second-order valence-corrected chi connectivity index (χ2v) is 10.2. The van der Waals surface area contributed by atoms with Crippen LogP contribution in [0.1, 0.15) is 17.7 Å². The number of aromatic nitrogens is 4. The Hall–Kier alpha value is -3.14. The fourth-order valence-electron chi connectivity index (χ4n) is 5.08. The number of benzene rings is 1. The summed E-state index contributed by atoms with van der Waals surface area (Å²) in [4.78, 5) is 23.7. The minimum absolute atomic E-state index is 0.209. The lowest BCUT2D eigenvalue weighted by Gasteiger charge is -2.34. The van der Waals surface area contributed by atoms with Crippen LogP contribution in [0, 0.1) is 13.8 Å². The SMILES string of the molecule is Cc1cccc(-c2nc3cc(Nc4cc(C)nc(N5CC6CC5CN6CCO)n4)ncc3s2)c1. The Morgan fingerprint density at radius 3 is 2.76 bits per heavy atom. The smallest absolute Gasteiger partial charge is 0.227 e. The number of anilines is 3. The van der Waals surface area contributed by atoms with Crippen molar-refractivity contribution in [3.05, 3.63) is 53.9 Å². The zero-order chi connectivity index (χ0) is 23.2. The van der Waals surface area contributed by atoms with E-state index in [1.54, 1.807) is 11.3 Å². The molecule has 0 amide bonds. The van der Waals surface area contributed by atoms with E-state index in [0.29, 0.717) is 12.1 Å². The lowest BCUT2D eigenvalue weighted by atomic mass is 10.1. The number of β-amino-alcohol motifs (C(OH)–C–C–N with tert-alkyl or cyclic N) is 1. The van der Waals surface area contributed by atoms with Crippen LogP contribution in [0.25, 0.3) is 20.8 Å². The van der Waals surface area contributed by atoms with Crippen LogP contribution in [0.2, 0.25) is 0 Å². The fraction of sp³-hybridized carbons (Fsp3) is 0.360. The van der Waals surface area contributed by atoms with E-state index in [4.69, 9.17) is 15.0 Å². The second kappa shape index (κ2) is 8.57. The van der Waals surface area contributed by atoms with Gasteiger partial charge in [-0.05, 0) is 26.3 Å². The number of rotatable bonds is 6. The highest BCUT2D eigenvalue weighted by Crippen LogP contribution is 2.34. The van der Waals surface area contributed by atoms with E-state index in [1.165, 1.54) is 5.56 Å². The Labute approximate surface area is 202 Å². The van der Waals surface area contributed by atoms with E-state index >= 15 is 0 Å². The van der Waals surface area contributed by atoms with Gasteiger partial charge in [-0.1, -0.05) is 23.8 Å². The summed E-state index contributed by atoms with van der Waals surface area (Å²) < 4.78 is 1.06. The molecule has 8 nitrogen and oxygen atoms in total. The van der Waals surface area contributed by atoms with E-state index in [2.05, 4.69) is 51.3 Å². The normalized spacial score (nSPS) is 19.9. The maximum atomic E-state index is 9.29. The van der Waals surface area contributed by atoms with Crippen LogP contribution in [-0.4, -0.2) is 68.3 Å². The number of hydrogen-bond donors (Lipinski definition) is 2. The van der Waals surface area contributed by atoms with E-state index in [1.807, 2.05) is 25.3 Å². The van der Waals surface area contributed by atoms with Gasteiger partial charge in [0.15, 0.2) is 0 Å². The van der Waals surface area contributed by atoms with Gasteiger partial charge in [0.1, 0.15) is 16.6 Å². The molecule has 5 heterocycles. The predicted molar refractivity (Wildman–Crippen MR) is 136 cm³/mol. The van der Waals surface area contributed by atoms with Crippen molar-refractivity contribution in [2.45, 2.75) is 32.4 Å². The Bertz CT molecular complexity index is 1360. The second-order valence-electron chi connectivity index (χ2n) is 9.16. The zero-order valence-electron chi connectivity index (χ0n) is 19.3. The summed E-state index contributed by atoms with van der Waals surface area (Å²) in [5.74, 6) is 2.21. The number of aliphatic hydroxyl groups is 1. The molecule has 2 bridgehead atoms. The highest BCUT2D eigenvalue weighted by atomic mass is 32.1. The molecular formula is C25H27N7OS. The molecule has 2 unspecified atom stereocenters. The van der Waals surface area contributed by atoms with E-state index in [9.17, 15) is 5.11 Å². The quantitative estimate of drug-likeness (QED) is 0.438. The van der Waals surface area contributed by atoms with E-state index in [-0.39, 0.29) is 6.61 Å². The number of fused-ring (bicyclic) bond motifs is 3. The van der Waals surface area contributed by atoms with Crippen molar-refractivity contribution in [2.24, 2.45) is 0 Å². The van der Waals surface area contributed by atoms with Gasteiger partial charge in [-0.15, -0.1) is 11.3 Å². The predicted octanol–water partition coefficient (Wildman–Crippen LogP) is 3.76. The third kappa shape index (κ3) is 4.00. The van der Waals surface area contributed by atoms with Crippen molar-refractivity contribution in [1.29, 1.82) is 0 Å². The van der Waals surface area contributed by atoms with Crippen molar-refractivity contribution >= 4 is 39.1 Å². The van der Waals surface area contributed by atoms with Crippen molar-refractivity contribution in [3.63, 3.8) is 0 Å². The fourth-order valence-corrected chi connectivity index (χ4v) is 5.99. The van der Waals surface area contributed by atoms with Crippen LogP contribution < -0.4 is 10.2 Å². The summed E-state index contributed by atoms with van der Waals surface area (Å²) in [5, 5.41) is 13.7. The minimum atomic E-state index is 0.209. The Morgan fingerprint density at radius 1 is 1.06 bits per heavy atom. The van der Waals surface area contributed by atoms with Gasteiger partial charge in [0.25, 0.3) is 0 Å². The molecule has 4 aromatic rings. The first kappa shape index (κ1) is 21.4. The van der Waals surface area contributed by atoms with Crippen molar-refractivity contribution in [2.75, 3.05) is 36.5 Å². The molecule has 6 rings (SSSR count). The number of nitrogens with one attached hydrogen (secondary N) is 1. The Balaban J connectivity index is 1.23. The molecule has 2 aliphatic rings. The molecule has 0 spiro atoms. The van der Waals surface area contributed by atoms with Crippen LogP contribution >= 0.6 is 11.3 Å². The average molecular weight is 474 g/mol. The van der Waals surface area contributed by atoms with Crippen LogP contribution in [0.3, 0.4) is 0 Å². The number of hydrogen-bond acceptors (Lipinski definition) is 9. The minimum Gasteiger partial charge on any atom is -0.395 e. The number of likely N-dealkylation sites (tertiary alicyclic amines) is 1. The summed E-state index contributed by atoms with van der Waals surface area (Å²) in [6, 6.07) is 13.2. The summed E-state index contributed by atoms with van der Waals surface area (Å²) in [6.45, 7) is 6.90. The molecular weight excluding hydrogens is 446 g/mol. The first-order valence-corrected chi connectivity index (χ1v) is 12.5. The van der Waals surface area contributed by atoms with Gasteiger partial charge in [-0.3, -0.25) is 4.90 Å². The van der Waals surface area contributed by atoms with Crippen LogP contribution in [0.5, 0.6) is 0 Å². The molecule has 9 heteroatoms. The molecule has 1 aromatic carbocycles. The summed E-state index contributed by atoms with van der Waals surface area (Å²) in [5.41, 5.74) is 4.19. The first-order valence-electron chi connectivity index (χ1n) is 11.6. The molecule has 2 fully saturated rings. The molecule has 34 heavy (non-hydrogen) atoms. The molecule has 0 aliphatic carbocycles. The first-order chi connectivity index (χ1) is 16.6. The molecule has 2 N–H and O–H groups in total. The lowest BCUT2D eigenvalue weighted by molar-refractivity contribution is 0.176.